The molecule has 1 aliphatic carbocycles. The predicted molar refractivity (Wildman–Crippen MR) is 165 cm³/mol. The highest BCUT2D eigenvalue weighted by molar-refractivity contribution is 9.10. The first-order valence-electron chi connectivity index (χ1n) is 14.8. The van der Waals surface area contributed by atoms with Crippen molar-refractivity contribution in [1.82, 2.24) is 10.6 Å². The van der Waals surface area contributed by atoms with Gasteiger partial charge in [-0.25, -0.2) is 4.79 Å². The maximum atomic E-state index is 13.2. The van der Waals surface area contributed by atoms with E-state index in [2.05, 4.69) is 26.6 Å². The van der Waals surface area contributed by atoms with Gasteiger partial charge in [-0.2, -0.15) is 0 Å². The highest BCUT2D eigenvalue weighted by atomic mass is 79.9. The summed E-state index contributed by atoms with van der Waals surface area (Å²) in [6.45, 7) is 1.12. The minimum atomic E-state index is -0.830. The molecule has 43 heavy (non-hydrogen) atoms. The average molecular weight is 661 g/mol. The van der Waals surface area contributed by atoms with Crippen molar-refractivity contribution in [2.24, 2.45) is 17.6 Å². The summed E-state index contributed by atoms with van der Waals surface area (Å²) in [4.78, 5) is 49.9. The molecule has 0 spiro atoms. The zero-order valence-corrected chi connectivity index (χ0v) is 26.2. The zero-order chi connectivity index (χ0) is 31.0. The normalized spacial score (nSPS) is 16.9. The van der Waals surface area contributed by atoms with Crippen molar-refractivity contribution in [1.29, 1.82) is 0 Å². The summed E-state index contributed by atoms with van der Waals surface area (Å²) in [5.74, 6) is -0.150. The molecule has 0 aromatic heterocycles. The van der Waals surface area contributed by atoms with Crippen LogP contribution in [-0.2, 0) is 36.9 Å². The van der Waals surface area contributed by atoms with Gasteiger partial charge in [0.2, 0.25) is 11.8 Å². The fourth-order valence-electron chi connectivity index (χ4n) is 5.03. The fourth-order valence-corrected chi connectivity index (χ4v) is 5.43. The Kier molecular flexibility index (Phi) is 14.5. The lowest BCUT2D eigenvalue weighted by Gasteiger charge is -2.27. The summed E-state index contributed by atoms with van der Waals surface area (Å²) in [5.41, 5.74) is 7.15. The summed E-state index contributed by atoms with van der Waals surface area (Å²) < 4.78 is 16.2. The SMILES string of the molecule is COC(=O)C1CCC(CNC(=O)[C@H](Cc2ccc(OC(=O)OCc3ccccc3Br)cc2)NC(=O)CCCCCN)CC1. The van der Waals surface area contributed by atoms with E-state index >= 15 is 0 Å². The monoisotopic (exact) mass is 659 g/mol. The number of benzene rings is 2. The number of carbonyl (C=O) groups excluding carboxylic acids is 4. The lowest BCUT2D eigenvalue weighted by Crippen LogP contribution is -2.49. The third-order valence-corrected chi connectivity index (χ3v) is 8.35. The van der Waals surface area contributed by atoms with Crippen LogP contribution in [0.15, 0.2) is 53.0 Å². The Balaban J connectivity index is 1.54. The smallest absolute Gasteiger partial charge is 0.469 e. The maximum absolute atomic E-state index is 13.2. The largest absolute Gasteiger partial charge is 0.514 e. The molecule has 0 heterocycles. The minimum absolute atomic E-state index is 0.0633. The molecule has 0 saturated heterocycles. The third-order valence-electron chi connectivity index (χ3n) is 7.57. The van der Waals surface area contributed by atoms with E-state index in [-0.39, 0.29) is 42.6 Å². The van der Waals surface area contributed by atoms with Crippen LogP contribution in [0.25, 0.3) is 0 Å². The molecule has 0 radical (unpaired) electrons. The summed E-state index contributed by atoms with van der Waals surface area (Å²) in [5, 5.41) is 5.90. The molecule has 11 heteroatoms. The summed E-state index contributed by atoms with van der Waals surface area (Å²) >= 11 is 3.42. The molecule has 3 rings (SSSR count). The second kappa shape index (κ2) is 18.3. The van der Waals surface area contributed by atoms with Gasteiger partial charge in [0.1, 0.15) is 18.4 Å². The molecule has 2 aromatic carbocycles. The summed E-state index contributed by atoms with van der Waals surface area (Å²) in [6.07, 6.45) is 5.27. The van der Waals surface area contributed by atoms with Gasteiger partial charge in [-0.1, -0.05) is 52.7 Å². The Bertz CT molecular complexity index is 1200. The molecule has 1 saturated carbocycles. The van der Waals surface area contributed by atoms with Crippen LogP contribution in [-0.4, -0.2) is 50.2 Å². The van der Waals surface area contributed by atoms with Gasteiger partial charge < -0.3 is 30.6 Å². The van der Waals surface area contributed by atoms with Crippen LogP contribution in [0.2, 0.25) is 0 Å². The maximum Gasteiger partial charge on any atom is 0.514 e. The van der Waals surface area contributed by atoms with Crippen molar-refractivity contribution in [2.45, 2.75) is 70.4 Å². The zero-order valence-electron chi connectivity index (χ0n) is 24.6. The Labute approximate surface area is 261 Å². The Morgan fingerprint density at radius 3 is 2.37 bits per heavy atom. The van der Waals surface area contributed by atoms with Crippen LogP contribution in [0.4, 0.5) is 4.79 Å². The lowest BCUT2D eigenvalue weighted by molar-refractivity contribution is -0.146. The van der Waals surface area contributed by atoms with Crippen LogP contribution >= 0.6 is 15.9 Å². The topological polar surface area (TPSA) is 146 Å². The van der Waals surface area contributed by atoms with E-state index in [9.17, 15) is 19.2 Å². The number of ether oxygens (including phenoxy) is 3. The average Bonchev–Trinajstić information content (AvgIpc) is 3.02. The van der Waals surface area contributed by atoms with Crippen LogP contribution in [0.3, 0.4) is 0 Å². The van der Waals surface area contributed by atoms with Crippen LogP contribution in [0.5, 0.6) is 5.75 Å². The molecule has 1 atom stereocenters. The Morgan fingerprint density at radius 1 is 0.977 bits per heavy atom. The van der Waals surface area contributed by atoms with Gasteiger partial charge in [0.25, 0.3) is 0 Å². The van der Waals surface area contributed by atoms with Gasteiger partial charge in [0.05, 0.1) is 13.0 Å². The van der Waals surface area contributed by atoms with E-state index in [1.165, 1.54) is 7.11 Å². The van der Waals surface area contributed by atoms with E-state index in [1.54, 1.807) is 24.3 Å². The number of nitrogens with two attached hydrogens (primary N) is 1. The third kappa shape index (κ3) is 12.0. The molecule has 0 bridgehead atoms. The number of amides is 2. The van der Waals surface area contributed by atoms with Gasteiger partial charge >= 0.3 is 12.1 Å². The van der Waals surface area contributed by atoms with Gasteiger partial charge in [-0.15, -0.1) is 0 Å². The number of hydrogen-bond acceptors (Lipinski definition) is 8. The molecule has 0 aliphatic heterocycles. The first kappa shape index (κ1) is 34.1. The van der Waals surface area contributed by atoms with Gasteiger partial charge in [-0.3, -0.25) is 14.4 Å². The molecule has 1 aliphatic rings. The number of esters is 1. The molecule has 0 unspecified atom stereocenters. The second-order valence-electron chi connectivity index (χ2n) is 10.8. The quantitative estimate of drug-likeness (QED) is 0.140. The van der Waals surface area contributed by atoms with Gasteiger partial charge in [0.15, 0.2) is 0 Å². The molecular weight excluding hydrogens is 618 g/mol. The van der Waals surface area contributed by atoms with Crippen molar-refractivity contribution < 1.29 is 33.4 Å². The highest BCUT2D eigenvalue weighted by Gasteiger charge is 2.28. The second-order valence-corrected chi connectivity index (χ2v) is 11.6. The fraction of sp³-hybridized carbons (Fsp3) is 0.500. The number of nitrogens with one attached hydrogen (secondary N) is 2. The number of hydrogen-bond donors (Lipinski definition) is 3. The Hall–Kier alpha value is -3.44. The lowest BCUT2D eigenvalue weighted by atomic mass is 9.82. The summed E-state index contributed by atoms with van der Waals surface area (Å²) in [7, 11) is 1.41. The van der Waals surface area contributed by atoms with Gasteiger partial charge in [-0.05, 0) is 74.8 Å². The number of methoxy groups -OCH3 is 1. The van der Waals surface area contributed by atoms with Crippen LogP contribution in [0.1, 0.15) is 62.5 Å². The van der Waals surface area contributed by atoms with E-state index in [1.807, 2.05) is 24.3 Å². The highest BCUT2D eigenvalue weighted by Crippen LogP contribution is 2.29. The standard InChI is InChI=1S/C32H42BrN3O7/c1-41-31(39)24-14-10-23(11-15-24)20-35-30(38)28(36-29(37)9-3-2-6-18-34)19-22-12-16-26(17-13-22)43-32(40)42-21-25-7-4-5-8-27(25)33/h4-5,7-8,12-13,16-17,23-24,28H,2-3,6,9-11,14-15,18-21,34H2,1H3,(H,35,38)(H,36,37)/t23?,24?,28-/m0/s1. The minimum Gasteiger partial charge on any atom is -0.469 e. The predicted octanol–water partition coefficient (Wildman–Crippen LogP) is 4.81. The van der Waals surface area contributed by atoms with Crippen molar-refractivity contribution in [2.75, 3.05) is 20.2 Å². The Morgan fingerprint density at radius 2 is 1.70 bits per heavy atom. The first-order valence-corrected chi connectivity index (χ1v) is 15.6. The molecule has 234 valence electrons. The van der Waals surface area contributed by atoms with Crippen molar-refractivity contribution in [3.63, 3.8) is 0 Å². The van der Waals surface area contributed by atoms with Crippen LogP contribution in [0, 0.1) is 11.8 Å². The molecular formula is C32H42BrN3O7. The van der Waals surface area contributed by atoms with Crippen molar-refractivity contribution >= 4 is 39.9 Å². The van der Waals surface area contributed by atoms with E-state index < -0.39 is 12.2 Å². The molecule has 2 amide bonds. The van der Waals surface area contributed by atoms with E-state index in [4.69, 9.17) is 19.9 Å². The first-order chi connectivity index (χ1) is 20.8. The van der Waals surface area contributed by atoms with E-state index in [0.29, 0.717) is 31.7 Å². The summed E-state index contributed by atoms with van der Waals surface area (Å²) in [6, 6.07) is 13.4. The molecule has 10 nitrogen and oxygen atoms in total. The van der Waals surface area contributed by atoms with E-state index in [0.717, 1.165) is 54.1 Å². The van der Waals surface area contributed by atoms with Crippen molar-refractivity contribution in [3.8, 4) is 5.75 Å². The molecule has 4 N–H and O–H groups in total. The number of rotatable bonds is 15. The number of unbranched alkanes of at least 4 members (excludes halogenated alkanes) is 2. The molecule has 2 aromatic rings. The van der Waals surface area contributed by atoms with Gasteiger partial charge in [0, 0.05) is 29.4 Å². The number of carbonyl (C=O) groups is 4. The molecule has 1 fully saturated rings. The number of halogens is 1. The van der Waals surface area contributed by atoms with Crippen LogP contribution < -0.4 is 21.1 Å². The van der Waals surface area contributed by atoms with Crippen molar-refractivity contribution in [3.05, 3.63) is 64.1 Å².